The standard InChI is InChI=1S/C16H22N2O4.C2H6/c1-4-22-15(19)13-10-17-14-9-12(5-7-18(13)14)11-21-8-6-16(2,3)20;1-2/h5,7,9-10,20H,4,6,8,11H2,1-3H3;1-2H3. The van der Waals surface area contributed by atoms with Gasteiger partial charge in [0.15, 0.2) is 5.69 Å². The van der Waals surface area contributed by atoms with E-state index in [0.717, 1.165) is 5.56 Å². The highest BCUT2D eigenvalue weighted by Crippen LogP contribution is 2.13. The van der Waals surface area contributed by atoms with Crippen LogP contribution in [0.5, 0.6) is 0 Å². The number of nitrogens with zero attached hydrogens (tertiary/aromatic N) is 2. The number of aromatic nitrogens is 2. The summed E-state index contributed by atoms with van der Waals surface area (Å²) in [5, 5.41) is 9.62. The van der Waals surface area contributed by atoms with E-state index in [1.807, 2.05) is 26.0 Å². The Bertz CT molecular complexity index is 644. The van der Waals surface area contributed by atoms with Gasteiger partial charge in [-0.25, -0.2) is 9.78 Å². The number of fused-ring (bicyclic) bond motifs is 1. The number of ether oxygens (including phenoxy) is 2. The zero-order valence-corrected chi connectivity index (χ0v) is 15.2. The van der Waals surface area contributed by atoms with Crippen molar-refractivity contribution in [3.8, 4) is 0 Å². The van der Waals surface area contributed by atoms with Crippen molar-refractivity contribution in [3.05, 3.63) is 35.8 Å². The zero-order valence-electron chi connectivity index (χ0n) is 15.2. The Hall–Kier alpha value is -1.92. The molecule has 0 aliphatic heterocycles. The highest BCUT2D eigenvalue weighted by atomic mass is 16.5. The lowest BCUT2D eigenvalue weighted by Gasteiger charge is -2.16. The first-order valence-corrected chi connectivity index (χ1v) is 8.34. The molecule has 0 bridgehead atoms. The molecule has 2 aromatic rings. The molecule has 0 amide bonds. The molecule has 6 heteroatoms. The molecule has 0 aromatic carbocycles. The molecular formula is C18H28N2O4. The fourth-order valence-corrected chi connectivity index (χ4v) is 1.98. The van der Waals surface area contributed by atoms with Gasteiger partial charge in [-0.3, -0.25) is 4.40 Å². The monoisotopic (exact) mass is 336 g/mol. The van der Waals surface area contributed by atoms with E-state index in [1.165, 1.54) is 6.20 Å². The van der Waals surface area contributed by atoms with E-state index < -0.39 is 5.60 Å². The third-order valence-corrected chi connectivity index (χ3v) is 3.19. The molecule has 6 nitrogen and oxygen atoms in total. The molecular weight excluding hydrogens is 308 g/mol. The maximum atomic E-state index is 11.8. The first kappa shape index (κ1) is 20.1. The first-order valence-electron chi connectivity index (χ1n) is 8.34. The zero-order chi connectivity index (χ0) is 18.2. The van der Waals surface area contributed by atoms with Gasteiger partial charge < -0.3 is 14.6 Å². The van der Waals surface area contributed by atoms with Gasteiger partial charge in [0.25, 0.3) is 0 Å². The van der Waals surface area contributed by atoms with E-state index in [-0.39, 0.29) is 5.97 Å². The van der Waals surface area contributed by atoms with Crippen LogP contribution in [0.15, 0.2) is 24.5 Å². The van der Waals surface area contributed by atoms with Gasteiger partial charge in [-0.15, -0.1) is 0 Å². The molecule has 0 spiro atoms. The van der Waals surface area contributed by atoms with Crippen molar-refractivity contribution < 1.29 is 19.4 Å². The van der Waals surface area contributed by atoms with Crippen molar-refractivity contribution in [1.82, 2.24) is 9.38 Å². The second-order valence-electron chi connectivity index (χ2n) is 5.74. The number of carbonyl (C=O) groups is 1. The molecule has 0 fully saturated rings. The predicted molar refractivity (Wildman–Crippen MR) is 93.1 cm³/mol. The van der Waals surface area contributed by atoms with Gasteiger partial charge in [-0.2, -0.15) is 0 Å². The number of pyridine rings is 1. The Morgan fingerprint density at radius 3 is 2.71 bits per heavy atom. The van der Waals surface area contributed by atoms with Crippen LogP contribution in [-0.4, -0.2) is 39.3 Å². The number of rotatable bonds is 7. The second-order valence-corrected chi connectivity index (χ2v) is 5.74. The lowest BCUT2D eigenvalue weighted by molar-refractivity contribution is 0.0237. The van der Waals surface area contributed by atoms with E-state index in [2.05, 4.69) is 4.98 Å². The van der Waals surface area contributed by atoms with E-state index in [1.54, 1.807) is 31.4 Å². The van der Waals surface area contributed by atoms with Crippen molar-refractivity contribution >= 4 is 11.6 Å². The summed E-state index contributed by atoms with van der Waals surface area (Å²) in [6.07, 6.45) is 3.86. The van der Waals surface area contributed by atoms with Crippen LogP contribution in [0.4, 0.5) is 0 Å². The maximum absolute atomic E-state index is 11.8. The smallest absolute Gasteiger partial charge is 0.356 e. The quantitative estimate of drug-likeness (QED) is 0.621. The molecule has 2 heterocycles. The topological polar surface area (TPSA) is 73.1 Å². The number of hydrogen-bond acceptors (Lipinski definition) is 5. The van der Waals surface area contributed by atoms with Crippen LogP contribution < -0.4 is 0 Å². The number of esters is 1. The van der Waals surface area contributed by atoms with Gasteiger partial charge in [0.1, 0.15) is 5.65 Å². The average molecular weight is 336 g/mol. The van der Waals surface area contributed by atoms with Crippen molar-refractivity contribution in [2.24, 2.45) is 0 Å². The van der Waals surface area contributed by atoms with E-state index in [0.29, 0.717) is 37.6 Å². The highest BCUT2D eigenvalue weighted by molar-refractivity contribution is 5.88. The fourth-order valence-electron chi connectivity index (χ4n) is 1.98. The largest absolute Gasteiger partial charge is 0.461 e. The highest BCUT2D eigenvalue weighted by Gasteiger charge is 2.14. The van der Waals surface area contributed by atoms with E-state index >= 15 is 0 Å². The minimum atomic E-state index is -0.721. The minimum Gasteiger partial charge on any atom is -0.461 e. The third-order valence-electron chi connectivity index (χ3n) is 3.19. The summed E-state index contributed by atoms with van der Waals surface area (Å²) in [4.78, 5) is 16.0. The molecule has 134 valence electrons. The van der Waals surface area contributed by atoms with Crippen LogP contribution in [0, 0.1) is 0 Å². The number of hydrogen-bond donors (Lipinski definition) is 1. The maximum Gasteiger partial charge on any atom is 0.356 e. The Kier molecular flexibility index (Phi) is 7.88. The first-order chi connectivity index (χ1) is 11.4. The second kappa shape index (κ2) is 9.39. The molecule has 0 atom stereocenters. The van der Waals surface area contributed by atoms with Crippen molar-refractivity contribution in [2.45, 2.75) is 53.2 Å². The molecule has 0 aliphatic rings. The molecule has 2 aromatic heterocycles. The van der Waals surface area contributed by atoms with Crippen LogP contribution in [-0.2, 0) is 16.1 Å². The molecule has 2 rings (SSSR count). The molecule has 24 heavy (non-hydrogen) atoms. The summed E-state index contributed by atoms with van der Waals surface area (Å²) in [6.45, 7) is 10.5. The Balaban J connectivity index is 0.00000139. The third kappa shape index (κ3) is 5.94. The molecule has 1 N–H and O–H groups in total. The van der Waals surface area contributed by atoms with E-state index in [9.17, 15) is 9.90 Å². The SMILES string of the molecule is CC.CCOC(=O)c1cnc2cc(COCCC(C)(C)O)ccn12. The summed E-state index contributed by atoms with van der Waals surface area (Å²) in [7, 11) is 0. The summed E-state index contributed by atoms with van der Waals surface area (Å²) in [6, 6.07) is 3.74. The lowest BCUT2D eigenvalue weighted by atomic mass is 10.1. The molecule has 0 unspecified atom stereocenters. The summed E-state index contributed by atoms with van der Waals surface area (Å²) in [5.74, 6) is -0.385. The van der Waals surface area contributed by atoms with Gasteiger partial charge in [-0.05, 0) is 44.9 Å². The number of imidazole rings is 1. The Morgan fingerprint density at radius 2 is 2.08 bits per heavy atom. The van der Waals surface area contributed by atoms with Gasteiger partial charge in [0, 0.05) is 12.8 Å². The Morgan fingerprint density at radius 1 is 1.38 bits per heavy atom. The summed E-state index contributed by atoms with van der Waals surface area (Å²) in [5.41, 5.74) is 1.32. The van der Waals surface area contributed by atoms with Crippen LogP contribution >= 0.6 is 0 Å². The van der Waals surface area contributed by atoms with Crippen molar-refractivity contribution in [3.63, 3.8) is 0 Å². The van der Waals surface area contributed by atoms with Crippen LogP contribution in [0.2, 0.25) is 0 Å². The summed E-state index contributed by atoms with van der Waals surface area (Å²) < 4.78 is 12.2. The molecule has 0 aliphatic carbocycles. The lowest BCUT2D eigenvalue weighted by Crippen LogP contribution is -2.20. The summed E-state index contributed by atoms with van der Waals surface area (Å²) >= 11 is 0. The number of carbonyl (C=O) groups excluding carboxylic acids is 1. The Labute approximate surface area is 143 Å². The molecule has 0 saturated carbocycles. The van der Waals surface area contributed by atoms with Gasteiger partial charge in [-0.1, -0.05) is 13.8 Å². The van der Waals surface area contributed by atoms with Crippen molar-refractivity contribution in [1.29, 1.82) is 0 Å². The van der Waals surface area contributed by atoms with Gasteiger partial charge in [0.05, 0.1) is 25.0 Å². The van der Waals surface area contributed by atoms with Crippen LogP contribution in [0.1, 0.15) is 57.1 Å². The number of aliphatic hydroxyl groups is 1. The average Bonchev–Trinajstić information content (AvgIpc) is 2.96. The van der Waals surface area contributed by atoms with Crippen molar-refractivity contribution in [2.75, 3.05) is 13.2 Å². The van der Waals surface area contributed by atoms with E-state index in [4.69, 9.17) is 9.47 Å². The van der Waals surface area contributed by atoms with Gasteiger partial charge in [0.2, 0.25) is 0 Å². The van der Waals surface area contributed by atoms with Gasteiger partial charge >= 0.3 is 5.97 Å². The molecule has 0 saturated heterocycles. The van der Waals surface area contributed by atoms with Crippen LogP contribution in [0.25, 0.3) is 5.65 Å². The van der Waals surface area contributed by atoms with Crippen LogP contribution in [0.3, 0.4) is 0 Å². The normalized spacial score (nSPS) is 11.1. The minimum absolute atomic E-state index is 0.333. The fraction of sp³-hybridized carbons (Fsp3) is 0.556. The predicted octanol–water partition coefficient (Wildman–Crippen LogP) is 3.21. The molecule has 0 radical (unpaired) electrons.